The number of rotatable bonds is 7. The summed E-state index contributed by atoms with van der Waals surface area (Å²) >= 11 is 0. The summed E-state index contributed by atoms with van der Waals surface area (Å²) in [6.07, 6.45) is 2.97. The number of hydrogen-bond acceptors (Lipinski definition) is 6. The number of pyridine rings is 1. The Morgan fingerprint density at radius 3 is 2.66 bits per heavy atom. The van der Waals surface area contributed by atoms with Crippen molar-refractivity contribution in [2.75, 3.05) is 38.8 Å². The van der Waals surface area contributed by atoms with Crippen molar-refractivity contribution in [2.45, 2.75) is 25.9 Å². The quantitative estimate of drug-likeness (QED) is 0.265. The van der Waals surface area contributed by atoms with Gasteiger partial charge in [0, 0.05) is 55.8 Å². The van der Waals surface area contributed by atoms with Crippen molar-refractivity contribution in [3.63, 3.8) is 0 Å². The first kappa shape index (κ1) is 23.9. The van der Waals surface area contributed by atoms with Crippen LogP contribution >= 0.6 is 24.0 Å². The summed E-state index contributed by atoms with van der Waals surface area (Å²) in [5.41, 5.74) is 1.92. The number of fused-ring (bicyclic) bond motifs is 1. The van der Waals surface area contributed by atoms with Gasteiger partial charge in [0.1, 0.15) is 18.0 Å². The fraction of sp³-hybridized carbons (Fsp3) is 0.409. The minimum absolute atomic E-state index is 0. The second-order valence-corrected chi connectivity index (χ2v) is 7.39. The van der Waals surface area contributed by atoms with Crippen molar-refractivity contribution in [2.24, 2.45) is 4.99 Å². The van der Waals surface area contributed by atoms with E-state index >= 15 is 0 Å². The van der Waals surface area contributed by atoms with Crippen LogP contribution in [-0.4, -0.2) is 60.5 Å². The zero-order valence-electron chi connectivity index (χ0n) is 18.6. The van der Waals surface area contributed by atoms with Gasteiger partial charge in [-0.3, -0.25) is 4.40 Å². The largest absolute Gasteiger partial charge is 0.497 e. The van der Waals surface area contributed by atoms with Crippen molar-refractivity contribution in [1.29, 1.82) is 0 Å². The molecule has 0 saturated carbocycles. The molecule has 1 aromatic carbocycles. The monoisotopic (exact) mass is 551 g/mol. The summed E-state index contributed by atoms with van der Waals surface area (Å²) in [5, 5.41) is 15.4. The van der Waals surface area contributed by atoms with Crippen molar-refractivity contribution < 1.29 is 9.47 Å². The van der Waals surface area contributed by atoms with Crippen LogP contribution in [0.15, 0.2) is 47.6 Å². The Morgan fingerprint density at radius 2 is 1.94 bits per heavy atom. The number of nitrogens with one attached hydrogen (secondary N) is 2. The standard InChI is InChI=1S/C22H29N7O2.HI/c1-4-23-22(24-14-21-27-26-20-7-5-6-9-29(20)21)25-16-8-10-28(15-16)17-11-18(30-2)13-19(12-17)31-3;/h5-7,9,11-13,16H,4,8,10,14-15H2,1-3H3,(H2,23,24,25);1H. The van der Waals surface area contributed by atoms with Gasteiger partial charge in [-0.15, -0.1) is 34.2 Å². The molecule has 1 fully saturated rings. The van der Waals surface area contributed by atoms with Crippen molar-refractivity contribution >= 4 is 41.3 Å². The van der Waals surface area contributed by atoms with Gasteiger partial charge in [0.2, 0.25) is 0 Å². The Balaban J connectivity index is 0.00000289. The van der Waals surface area contributed by atoms with Gasteiger partial charge >= 0.3 is 0 Å². The smallest absolute Gasteiger partial charge is 0.191 e. The van der Waals surface area contributed by atoms with Gasteiger partial charge in [-0.25, -0.2) is 4.99 Å². The normalized spacial score (nSPS) is 16.0. The zero-order valence-corrected chi connectivity index (χ0v) is 20.9. The molecular formula is C22H30IN7O2. The van der Waals surface area contributed by atoms with Crippen LogP contribution in [0.3, 0.4) is 0 Å². The van der Waals surface area contributed by atoms with E-state index in [1.54, 1.807) is 14.2 Å². The van der Waals surface area contributed by atoms with Crippen molar-refractivity contribution in [3.05, 3.63) is 48.4 Å². The summed E-state index contributed by atoms with van der Waals surface area (Å²) in [5.74, 6) is 3.18. The highest BCUT2D eigenvalue weighted by molar-refractivity contribution is 14.0. The summed E-state index contributed by atoms with van der Waals surface area (Å²) in [4.78, 5) is 7.07. The molecule has 3 aromatic rings. The lowest BCUT2D eigenvalue weighted by Gasteiger charge is -2.21. The first-order valence-corrected chi connectivity index (χ1v) is 10.5. The number of ether oxygens (including phenoxy) is 2. The number of hydrogen-bond donors (Lipinski definition) is 2. The first-order valence-electron chi connectivity index (χ1n) is 10.5. The number of anilines is 1. The van der Waals surface area contributed by atoms with E-state index in [4.69, 9.17) is 14.5 Å². The second-order valence-electron chi connectivity index (χ2n) is 7.39. The predicted molar refractivity (Wildman–Crippen MR) is 137 cm³/mol. The van der Waals surface area contributed by atoms with Crippen molar-refractivity contribution in [1.82, 2.24) is 25.2 Å². The molecule has 1 saturated heterocycles. The molecule has 0 bridgehead atoms. The summed E-state index contributed by atoms with van der Waals surface area (Å²) in [6.45, 7) is 5.11. The number of methoxy groups -OCH3 is 2. The van der Waals surface area contributed by atoms with Gasteiger partial charge in [0.25, 0.3) is 0 Å². The number of aromatic nitrogens is 3. The highest BCUT2D eigenvalue weighted by Crippen LogP contribution is 2.30. The van der Waals surface area contributed by atoms with Gasteiger partial charge in [-0.2, -0.15) is 0 Å². The molecule has 1 unspecified atom stereocenters. The lowest BCUT2D eigenvalue weighted by molar-refractivity contribution is 0.394. The van der Waals surface area contributed by atoms with E-state index in [0.717, 1.165) is 60.7 Å². The van der Waals surface area contributed by atoms with Crippen LogP contribution < -0.4 is 25.0 Å². The molecular weight excluding hydrogens is 521 g/mol. The average Bonchev–Trinajstić information content (AvgIpc) is 3.44. The maximum absolute atomic E-state index is 5.41. The molecule has 0 aliphatic carbocycles. The molecule has 2 N–H and O–H groups in total. The molecule has 1 aliphatic heterocycles. The minimum Gasteiger partial charge on any atom is -0.497 e. The molecule has 0 spiro atoms. The maximum Gasteiger partial charge on any atom is 0.191 e. The van der Waals surface area contributed by atoms with Crippen LogP contribution in [0.4, 0.5) is 5.69 Å². The third-order valence-electron chi connectivity index (χ3n) is 5.34. The molecule has 10 heteroatoms. The van der Waals surface area contributed by atoms with E-state index in [1.165, 1.54) is 0 Å². The zero-order chi connectivity index (χ0) is 21.6. The number of benzene rings is 1. The lowest BCUT2D eigenvalue weighted by atomic mass is 10.2. The molecule has 1 atom stereocenters. The number of guanidine groups is 1. The fourth-order valence-electron chi connectivity index (χ4n) is 3.75. The molecule has 1 aliphatic rings. The van der Waals surface area contributed by atoms with E-state index in [1.807, 2.05) is 47.0 Å². The molecule has 9 nitrogen and oxygen atoms in total. The van der Waals surface area contributed by atoms with Crippen molar-refractivity contribution in [3.8, 4) is 11.5 Å². The molecule has 3 heterocycles. The summed E-state index contributed by atoms with van der Waals surface area (Å²) in [7, 11) is 3.34. The summed E-state index contributed by atoms with van der Waals surface area (Å²) < 4.78 is 12.8. The third-order valence-corrected chi connectivity index (χ3v) is 5.34. The van der Waals surface area contributed by atoms with Crippen LogP contribution in [-0.2, 0) is 6.54 Å². The van der Waals surface area contributed by atoms with Crippen LogP contribution in [0.2, 0.25) is 0 Å². The Bertz CT molecular complexity index is 1030. The van der Waals surface area contributed by atoms with Gasteiger partial charge in [-0.1, -0.05) is 6.07 Å². The van der Waals surface area contributed by atoms with E-state index < -0.39 is 0 Å². The maximum atomic E-state index is 5.41. The van der Waals surface area contributed by atoms with Gasteiger partial charge < -0.3 is 25.0 Å². The topological polar surface area (TPSA) is 88.3 Å². The number of aliphatic imine (C=N–C) groups is 1. The average molecular weight is 551 g/mol. The third kappa shape index (κ3) is 5.53. The molecule has 172 valence electrons. The Kier molecular flexibility index (Phi) is 8.37. The fourth-order valence-corrected chi connectivity index (χ4v) is 3.75. The van der Waals surface area contributed by atoms with Gasteiger partial charge in [0.05, 0.1) is 14.2 Å². The first-order chi connectivity index (χ1) is 15.2. The highest BCUT2D eigenvalue weighted by atomic mass is 127. The highest BCUT2D eigenvalue weighted by Gasteiger charge is 2.24. The lowest BCUT2D eigenvalue weighted by Crippen LogP contribution is -2.44. The van der Waals surface area contributed by atoms with Gasteiger partial charge in [-0.05, 0) is 25.5 Å². The SMILES string of the molecule is CCNC(=NCc1nnc2ccccn12)NC1CCN(c2cc(OC)cc(OC)c2)C1.I. The number of halogens is 1. The minimum atomic E-state index is 0. The predicted octanol–water partition coefficient (Wildman–Crippen LogP) is 2.70. The Labute approximate surface area is 205 Å². The summed E-state index contributed by atoms with van der Waals surface area (Å²) in [6, 6.07) is 12.1. The van der Waals surface area contributed by atoms with E-state index in [2.05, 4.69) is 32.7 Å². The van der Waals surface area contributed by atoms with Crippen LogP contribution in [0.5, 0.6) is 11.5 Å². The van der Waals surface area contributed by atoms with Crippen LogP contribution in [0.25, 0.3) is 5.65 Å². The van der Waals surface area contributed by atoms with E-state index in [0.29, 0.717) is 6.54 Å². The second kappa shape index (κ2) is 11.2. The van der Waals surface area contributed by atoms with E-state index in [-0.39, 0.29) is 30.0 Å². The van der Waals surface area contributed by atoms with E-state index in [9.17, 15) is 0 Å². The molecule has 0 amide bonds. The molecule has 32 heavy (non-hydrogen) atoms. The van der Waals surface area contributed by atoms with Crippen LogP contribution in [0.1, 0.15) is 19.2 Å². The molecule has 0 radical (unpaired) electrons. The van der Waals surface area contributed by atoms with Gasteiger partial charge in [0.15, 0.2) is 17.4 Å². The Hall–Kier alpha value is -2.76. The Morgan fingerprint density at radius 1 is 1.16 bits per heavy atom. The molecule has 4 rings (SSSR count). The van der Waals surface area contributed by atoms with Crippen LogP contribution in [0, 0.1) is 0 Å². The number of nitrogens with zero attached hydrogens (tertiary/aromatic N) is 5. The molecule has 2 aromatic heterocycles.